The Kier molecular flexibility index (Phi) is 2.37. The third-order valence-electron chi connectivity index (χ3n) is 2.89. The zero-order valence-corrected chi connectivity index (χ0v) is 8.66. The predicted molar refractivity (Wildman–Crippen MR) is 53.5 cm³/mol. The van der Waals surface area contributed by atoms with Gasteiger partial charge in [-0.1, -0.05) is 0 Å². The number of fused-ring (bicyclic) bond motifs is 1. The Morgan fingerprint density at radius 3 is 2.71 bits per heavy atom. The van der Waals surface area contributed by atoms with E-state index < -0.39 is 0 Å². The average Bonchev–Trinajstić information content (AvgIpc) is 2.33. The van der Waals surface area contributed by atoms with Crippen LogP contribution in [0.3, 0.4) is 0 Å². The zero-order valence-electron chi connectivity index (χ0n) is 8.66. The molecule has 0 aromatic carbocycles. The van der Waals surface area contributed by atoms with E-state index in [4.69, 9.17) is 0 Å². The molecule has 14 heavy (non-hydrogen) atoms. The maximum atomic E-state index is 10.8. The summed E-state index contributed by atoms with van der Waals surface area (Å²) in [4.78, 5) is 13.1. The minimum absolute atomic E-state index is 0.623. The molecule has 1 aliphatic rings. The van der Waals surface area contributed by atoms with E-state index in [-0.39, 0.29) is 0 Å². The lowest BCUT2D eigenvalue weighted by atomic mass is 10.1. The van der Waals surface area contributed by atoms with Crippen LogP contribution in [-0.2, 0) is 19.9 Å². The van der Waals surface area contributed by atoms with Crippen LogP contribution >= 0.6 is 0 Å². The van der Waals surface area contributed by atoms with Crippen molar-refractivity contribution < 1.29 is 4.79 Å². The average molecular weight is 193 g/mol. The van der Waals surface area contributed by atoms with Gasteiger partial charge in [-0.05, 0) is 13.5 Å². The Balaban J connectivity index is 2.41. The molecule has 0 aliphatic carbocycles. The fourth-order valence-corrected chi connectivity index (χ4v) is 2.02. The third kappa shape index (κ3) is 1.46. The number of aryl methyl sites for hydroxylation is 1. The molecule has 4 nitrogen and oxygen atoms in total. The number of carbonyl (C=O) groups excluding carboxylic acids is 1. The van der Waals surface area contributed by atoms with Gasteiger partial charge >= 0.3 is 0 Å². The lowest BCUT2D eigenvalue weighted by Crippen LogP contribution is -2.21. The first-order chi connectivity index (χ1) is 6.72. The summed E-state index contributed by atoms with van der Waals surface area (Å²) in [6.07, 6.45) is 2.79. The van der Waals surface area contributed by atoms with Crippen LogP contribution in [0.1, 0.15) is 21.7 Å². The molecule has 0 saturated carbocycles. The Bertz CT molecular complexity index is 356. The van der Waals surface area contributed by atoms with E-state index in [2.05, 4.69) is 17.0 Å². The van der Waals surface area contributed by atoms with E-state index in [1.165, 1.54) is 5.69 Å². The highest BCUT2D eigenvalue weighted by atomic mass is 16.1. The van der Waals surface area contributed by atoms with Crippen LogP contribution in [0.4, 0.5) is 0 Å². The van der Waals surface area contributed by atoms with Crippen molar-refractivity contribution in [3.8, 4) is 0 Å². The maximum Gasteiger partial charge on any atom is 0.170 e. The Hall–Kier alpha value is -1.16. The highest BCUT2D eigenvalue weighted by Gasteiger charge is 2.19. The summed E-state index contributed by atoms with van der Waals surface area (Å²) < 4.78 is 1.85. The van der Waals surface area contributed by atoms with Crippen LogP contribution < -0.4 is 0 Å². The van der Waals surface area contributed by atoms with Crippen molar-refractivity contribution in [3.63, 3.8) is 0 Å². The van der Waals surface area contributed by atoms with Gasteiger partial charge in [0, 0.05) is 37.8 Å². The molecule has 76 valence electrons. The summed E-state index contributed by atoms with van der Waals surface area (Å²) in [5, 5.41) is 4.21. The van der Waals surface area contributed by atoms with Crippen LogP contribution in [0.2, 0.25) is 0 Å². The molecule has 1 aromatic rings. The van der Waals surface area contributed by atoms with Gasteiger partial charge in [0.05, 0.1) is 0 Å². The van der Waals surface area contributed by atoms with Gasteiger partial charge in [-0.2, -0.15) is 5.10 Å². The lowest BCUT2D eigenvalue weighted by Gasteiger charge is -2.11. The first-order valence-corrected chi connectivity index (χ1v) is 4.91. The van der Waals surface area contributed by atoms with Crippen molar-refractivity contribution in [2.45, 2.75) is 12.8 Å². The molecule has 1 aromatic heterocycles. The molecule has 0 N–H and O–H groups in total. The molecule has 0 saturated heterocycles. The molecule has 4 heteroatoms. The number of likely N-dealkylation sites (N-methyl/N-ethyl adjacent to an activating group) is 1. The summed E-state index contributed by atoms with van der Waals surface area (Å²) >= 11 is 0. The van der Waals surface area contributed by atoms with Crippen molar-refractivity contribution in [1.29, 1.82) is 0 Å². The maximum absolute atomic E-state index is 10.8. The standard InChI is InChI=1S/C10H15N3O/c1-12-5-3-8-9(7-14)11-13(2)10(8)4-6-12/h7H,3-6H2,1-2H3. The van der Waals surface area contributed by atoms with Crippen LogP contribution in [0, 0.1) is 0 Å². The summed E-state index contributed by atoms with van der Waals surface area (Å²) in [5.74, 6) is 0. The third-order valence-corrected chi connectivity index (χ3v) is 2.89. The SMILES string of the molecule is CN1CCc2c(C=O)nn(C)c2CC1. The molecule has 2 rings (SSSR count). The van der Waals surface area contributed by atoms with Crippen molar-refractivity contribution in [3.05, 3.63) is 17.0 Å². The topological polar surface area (TPSA) is 38.1 Å². The highest BCUT2D eigenvalue weighted by molar-refractivity contribution is 5.74. The van der Waals surface area contributed by atoms with Gasteiger partial charge in [0.2, 0.25) is 0 Å². The first kappa shape index (κ1) is 9.40. The van der Waals surface area contributed by atoms with E-state index in [1.807, 2.05) is 11.7 Å². The largest absolute Gasteiger partial charge is 0.306 e. The van der Waals surface area contributed by atoms with E-state index in [9.17, 15) is 4.79 Å². The number of carbonyl (C=O) groups is 1. The first-order valence-electron chi connectivity index (χ1n) is 4.91. The second-order valence-electron chi connectivity index (χ2n) is 3.86. The number of rotatable bonds is 1. The van der Waals surface area contributed by atoms with Crippen LogP contribution in [0.15, 0.2) is 0 Å². The van der Waals surface area contributed by atoms with E-state index in [0.29, 0.717) is 5.69 Å². The predicted octanol–water partition coefficient (Wildman–Crippen LogP) is 0.263. The van der Waals surface area contributed by atoms with Gasteiger partial charge in [0.25, 0.3) is 0 Å². The molecule has 0 atom stereocenters. The van der Waals surface area contributed by atoms with Gasteiger partial charge in [0.1, 0.15) is 5.69 Å². The van der Waals surface area contributed by atoms with Crippen LogP contribution in [0.5, 0.6) is 0 Å². The van der Waals surface area contributed by atoms with E-state index in [0.717, 1.165) is 37.8 Å². The van der Waals surface area contributed by atoms with E-state index in [1.54, 1.807) is 0 Å². The number of aldehydes is 1. The monoisotopic (exact) mass is 193 g/mol. The van der Waals surface area contributed by atoms with Gasteiger partial charge < -0.3 is 4.90 Å². The minimum atomic E-state index is 0.623. The normalized spacial score (nSPS) is 17.6. The van der Waals surface area contributed by atoms with Gasteiger partial charge in [-0.3, -0.25) is 9.48 Å². The zero-order chi connectivity index (χ0) is 10.1. The fourth-order valence-electron chi connectivity index (χ4n) is 2.02. The van der Waals surface area contributed by atoms with Crippen molar-refractivity contribution in [1.82, 2.24) is 14.7 Å². The van der Waals surface area contributed by atoms with Gasteiger partial charge in [-0.25, -0.2) is 0 Å². The van der Waals surface area contributed by atoms with Crippen molar-refractivity contribution >= 4 is 6.29 Å². The molecule has 0 fully saturated rings. The Labute approximate surface area is 83.5 Å². The van der Waals surface area contributed by atoms with Crippen LogP contribution in [0.25, 0.3) is 0 Å². The molecule has 0 spiro atoms. The second kappa shape index (κ2) is 3.53. The summed E-state index contributed by atoms with van der Waals surface area (Å²) in [6.45, 7) is 2.06. The minimum Gasteiger partial charge on any atom is -0.306 e. The molecular weight excluding hydrogens is 178 g/mol. The van der Waals surface area contributed by atoms with Crippen LogP contribution in [-0.4, -0.2) is 41.1 Å². The van der Waals surface area contributed by atoms with Crippen molar-refractivity contribution in [2.24, 2.45) is 7.05 Å². The Morgan fingerprint density at radius 2 is 2.00 bits per heavy atom. The summed E-state index contributed by atoms with van der Waals surface area (Å²) in [7, 11) is 4.02. The molecular formula is C10H15N3O. The molecule has 0 unspecified atom stereocenters. The second-order valence-corrected chi connectivity index (χ2v) is 3.86. The molecule has 1 aliphatic heterocycles. The van der Waals surface area contributed by atoms with Crippen molar-refractivity contribution in [2.75, 3.05) is 20.1 Å². The smallest absolute Gasteiger partial charge is 0.170 e. The summed E-state index contributed by atoms with van der Waals surface area (Å²) in [5.41, 5.74) is 2.99. The number of aromatic nitrogens is 2. The molecule has 2 heterocycles. The van der Waals surface area contributed by atoms with E-state index >= 15 is 0 Å². The lowest BCUT2D eigenvalue weighted by molar-refractivity contribution is 0.111. The fraction of sp³-hybridized carbons (Fsp3) is 0.600. The molecule has 0 bridgehead atoms. The number of hydrogen-bond acceptors (Lipinski definition) is 3. The number of nitrogens with zero attached hydrogens (tertiary/aromatic N) is 3. The highest BCUT2D eigenvalue weighted by Crippen LogP contribution is 2.17. The quantitative estimate of drug-likeness (QED) is 0.601. The Morgan fingerprint density at radius 1 is 1.29 bits per heavy atom. The molecule has 0 amide bonds. The van der Waals surface area contributed by atoms with Gasteiger partial charge in [0.15, 0.2) is 6.29 Å². The summed E-state index contributed by atoms with van der Waals surface area (Å²) in [6, 6.07) is 0. The number of hydrogen-bond donors (Lipinski definition) is 0. The molecule has 0 radical (unpaired) electrons. The van der Waals surface area contributed by atoms with Gasteiger partial charge in [-0.15, -0.1) is 0 Å².